The molecular formula is C19H41IN6O. The number of likely N-dealkylation sites (N-methyl/N-ethyl adjacent to an activating group) is 1. The van der Waals surface area contributed by atoms with Crippen LogP contribution in [0.3, 0.4) is 0 Å². The number of nitrogens with zero attached hydrogens (tertiary/aromatic N) is 4. The SMILES string of the molecule is CCN1CCN(C(C)CNC(=NC)NCC(C)(C)N2CCOCC2)CC1.I. The van der Waals surface area contributed by atoms with Crippen LogP contribution in [0.15, 0.2) is 4.99 Å². The molecule has 0 aromatic heterocycles. The first-order valence-corrected chi connectivity index (χ1v) is 10.2. The smallest absolute Gasteiger partial charge is 0.191 e. The molecular weight excluding hydrogens is 455 g/mol. The first-order valence-electron chi connectivity index (χ1n) is 10.2. The Morgan fingerprint density at radius 1 is 1.07 bits per heavy atom. The van der Waals surface area contributed by atoms with Crippen LogP contribution >= 0.6 is 24.0 Å². The van der Waals surface area contributed by atoms with Gasteiger partial charge in [0.2, 0.25) is 0 Å². The molecule has 1 unspecified atom stereocenters. The summed E-state index contributed by atoms with van der Waals surface area (Å²) in [5.41, 5.74) is 0.0868. The van der Waals surface area contributed by atoms with E-state index in [2.05, 4.69) is 58.0 Å². The molecule has 0 radical (unpaired) electrons. The summed E-state index contributed by atoms with van der Waals surface area (Å²) in [6.07, 6.45) is 0. The van der Waals surface area contributed by atoms with E-state index >= 15 is 0 Å². The van der Waals surface area contributed by atoms with Crippen LogP contribution in [-0.2, 0) is 4.74 Å². The summed E-state index contributed by atoms with van der Waals surface area (Å²) >= 11 is 0. The van der Waals surface area contributed by atoms with E-state index in [1.54, 1.807) is 0 Å². The Kier molecular flexibility index (Phi) is 11.4. The maximum absolute atomic E-state index is 5.47. The van der Waals surface area contributed by atoms with Crippen LogP contribution in [-0.4, -0.2) is 111 Å². The second-order valence-corrected chi connectivity index (χ2v) is 8.04. The molecule has 27 heavy (non-hydrogen) atoms. The lowest BCUT2D eigenvalue weighted by Crippen LogP contribution is -2.57. The Morgan fingerprint density at radius 2 is 1.70 bits per heavy atom. The van der Waals surface area contributed by atoms with Crippen LogP contribution in [0, 0.1) is 0 Å². The van der Waals surface area contributed by atoms with E-state index in [1.165, 1.54) is 13.1 Å². The van der Waals surface area contributed by atoms with Crippen LogP contribution in [0.25, 0.3) is 0 Å². The predicted molar refractivity (Wildman–Crippen MR) is 124 cm³/mol. The summed E-state index contributed by atoms with van der Waals surface area (Å²) in [6, 6.07) is 0.514. The van der Waals surface area contributed by atoms with Gasteiger partial charge in [-0.15, -0.1) is 24.0 Å². The van der Waals surface area contributed by atoms with Gasteiger partial charge in [0.05, 0.1) is 13.2 Å². The minimum Gasteiger partial charge on any atom is -0.379 e. The second-order valence-electron chi connectivity index (χ2n) is 8.04. The van der Waals surface area contributed by atoms with Crippen molar-refractivity contribution in [1.82, 2.24) is 25.3 Å². The molecule has 2 aliphatic heterocycles. The Morgan fingerprint density at radius 3 is 2.26 bits per heavy atom. The molecule has 2 heterocycles. The third-order valence-electron chi connectivity index (χ3n) is 5.82. The third kappa shape index (κ3) is 8.00. The van der Waals surface area contributed by atoms with Gasteiger partial charge in [0.1, 0.15) is 0 Å². The zero-order chi connectivity index (χ0) is 19.0. The molecule has 0 saturated carbocycles. The van der Waals surface area contributed by atoms with Gasteiger partial charge in [-0.1, -0.05) is 6.92 Å². The molecule has 0 aromatic rings. The summed E-state index contributed by atoms with van der Waals surface area (Å²) in [7, 11) is 1.85. The van der Waals surface area contributed by atoms with E-state index in [4.69, 9.17) is 4.74 Å². The van der Waals surface area contributed by atoms with Gasteiger partial charge in [0, 0.05) is 71.0 Å². The predicted octanol–water partition coefficient (Wildman–Crippen LogP) is 0.906. The summed E-state index contributed by atoms with van der Waals surface area (Å²) in [5.74, 6) is 0.894. The minimum atomic E-state index is 0. The highest BCUT2D eigenvalue weighted by Crippen LogP contribution is 2.15. The van der Waals surface area contributed by atoms with Crippen molar-refractivity contribution in [1.29, 1.82) is 0 Å². The fraction of sp³-hybridized carbons (Fsp3) is 0.947. The van der Waals surface area contributed by atoms with Gasteiger partial charge in [-0.25, -0.2) is 0 Å². The Hall–Kier alpha value is -0.160. The van der Waals surface area contributed by atoms with Crippen molar-refractivity contribution in [2.75, 3.05) is 79.2 Å². The molecule has 2 saturated heterocycles. The lowest BCUT2D eigenvalue weighted by atomic mass is 10.0. The monoisotopic (exact) mass is 496 g/mol. The van der Waals surface area contributed by atoms with E-state index < -0.39 is 0 Å². The first kappa shape index (κ1) is 24.9. The van der Waals surface area contributed by atoms with Crippen LogP contribution < -0.4 is 10.6 Å². The summed E-state index contributed by atoms with van der Waals surface area (Å²) in [6.45, 7) is 20.4. The van der Waals surface area contributed by atoms with Gasteiger partial charge in [-0.05, 0) is 27.3 Å². The average molecular weight is 496 g/mol. The summed E-state index contributed by atoms with van der Waals surface area (Å²) in [5, 5.41) is 7.02. The molecule has 2 fully saturated rings. The molecule has 7 nitrogen and oxygen atoms in total. The van der Waals surface area contributed by atoms with Gasteiger partial charge in [-0.2, -0.15) is 0 Å². The third-order valence-corrected chi connectivity index (χ3v) is 5.82. The van der Waals surface area contributed by atoms with Crippen molar-refractivity contribution in [2.24, 2.45) is 4.99 Å². The minimum absolute atomic E-state index is 0. The Bertz CT molecular complexity index is 434. The van der Waals surface area contributed by atoms with Crippen molar-refractivity contribution in [3.63, 3.8) is 0 Å². The van der Waals surface area contributed by atoms with Crippen LogP contribution in [0.5, 0.6) is 0 Å². The maximum Gasteiger partial charge on any atom is 0.191 e. The highest BCUT2D eigenvalue weighted by atomic mass is 127. The molecule has 2 rings (SSSR count). The van der Waals surface area contributed by atoms with E-state index in [0.717, 1.165) is 65.0 Å². The summed E-state index contributed by atoms with van der Waals surface area (Å²) in [4.78, 5) is 12.0. The fourth-order valence-electron chi connectivity index (χ4n) is 3.69. The molecule has 0 bridgehead atoms. The van der Waals surface area contributed by atoms with E-state index in [9.17, 15) is 0 Å². The van der Waals surface area contributed by atoms with Crippen molar-refractivity contribution in [3.05, 3.63) is 0 Å². The Balaban J connectivity index is 0.00000364. The number of ether oxygens (including phenoxy) is 1. The zero-order valence-electron chi connectivity index (χ0n) is 18.0. The van der Waals surface area contributed by atoms with E-state index in [1.807, 2.05) is 7.05 Å². The number of morpholine rings is 1. The number of hydrogen-bond acceptors (Lipinski definition) is 5. The summed E-state index contributed by atoms with van der Waals surface area (Å²) < 4.78 is 5.47. The molecule has 2 aliphatic rings. The standard InChI is InChI=1S/C19H40N6O.HI/c1-6-23-7-9-24(10-8-23)17(2)15-21-18(20-5)22-16-19(3,4)25-11-13-26-14-12-25;/h17H,6-16H2,1-5H3,(H2,20,21,22);1H. The van der Waals surface area contributed by atoms with Gasteiger partial charge >= 0.3 is 0 Å². The lowest BCUT2D eigenvalue weighted by Gasteiger charge is -2.41. The van der Waals surface area contributed by atoms with Crippen molar-refractivity contribution in [2.45, 2.75) is 39.3 Å². The van der Waals surface area contributed by atoms with E-state index in [0.29, 0.717) is 6.04 Å². The largest absolute Gasteiger partial charge is 0.379 e. The normalized spacial score (nSPS) is 22.2. The number of guanidine groups is 1. The number of rotatable bonds is 7. The fourth-order valence-corrected chi connectivity index (χ4v) is 3.69. The number of halogens is 1. The number of piperazine rings is 1. The van der Waals surface area contributed by atoms with Gasteiger partial charge in [-0.3, -0.25) is 14.8 Å². The maximum atomic E-state index is 5.47. The highest BCUT2D eigenvalue weighted by molar-refractivity contribution is 14.0. The molecule has 0 amide bonds. The van der Waals surface area contributed by atoms with Gasteiger partial charge in [0.15, 0.2) is 5.96 Å². The average Bonchev–Trinajstić information content (AvgIpc) is 2.68. The van der Waals surface area contributed by atoms with Crippen LogP contribution in [0.1, 0.15) is 27.7 Å². The lowest BCUT2D eigenvalue weighted by molar-refractivity contribution is -0.00834. The molecule has 1 atom stereocenters. The first-order chi connectivity index (χ1) is 12.5. The molecule has 2 N–H and O–H groups in total. The topological polar surface area (TPSA) is 55.4 Å². The second kappa shape index (κ2) is 12.4. The number of hydrogen-bond donors (Lipinski definition) is 2. The quantitative estimate of drug-likeness (QED) is 0.311. The van der Waals surface area contributed by atoms with Crippen molar-refractivity contribution >= 4 is 29.9 Å². The van der Waals surface area contributed by atoms with Crippen molar-refractivity contribution in [3.8, 4) is 0 Å². The van der Waals surface area contributed by atoms with Gasteiger partial charge in [0.25, 0.3) is 0 Å². The van der Waals surface area contributed by atoms with Crippen LogP contribution in [0.4, 0.5) is 0 Å². The zero-order valence-corrected chi connectivity index (χ0v) is 20.3. The molecule has 0 spiro atoms. The van der Waals surface area contributed by atoms with Crippen LogP contribution in [0.2, 0.25) is 0 Å². The molecule has 8 heteroatoms. The Labute approximate surface area is 183 Å². The number of aliphatic imine (C=N–C) groups is 1. The number of nitrogens with one attached hydrogen (secondary N) is 2. The molecule has 160 valence electrons. The van der Waals surface area contributed by atoms with E-state index in [-0.39, 0.29) is 29.5 Å². The van der Waals surface area contributed by atoms with Gasteiger partial charge < -0.3 is 20.3 Å². The highest BCUT2D eigenvalue weighted by Gasteiger charge is 2.28. The molecule has 0 aromatic carbocycles. The van der Waals surface area contributed by atoms with Crippen molar-refractivity contribution < 1.29 is 4.74 Å². The molecule has 0 aliphatic carbocycles.